The summed E-state index contributed by atoms with van der Waals surface area (Å²) in [7, 11) is -3.65. The average Bonchev–Trinajstić information content (AvgIpc) is 1.78. The lowest BCUT2D eigenvalue weighted by atomic mass is 9.91. The van der Waals surface area contributed by atoms with Crippen molar-refractivity contribution >= 4 is 55.8 Å². The number of aromatic nitrogens is 8. The molecule has 0 aliphatic carbocycles. The van der Waals surface area contributed by atoms with E-state index < -0.39 is 70.9 Å². The molecule has 11 rings (SSSR count). The first-order valence-corrected chi connectivity index (χ1v) is 31.0. The second kappa shape index (κ2) is 28.7. The van der Waals surface area contributed by atoms with Crippen LogP contribution in [0.15, 0.2) is 134 Å². The largest absolute Gasteiger partial charge is 0.387 e. The minimum Gasteiger partial charge on any atom is -0.387 e. The van der Waals surface area contributed by atoms with Gasteiger partial charge in [-0.2, -0.15) is 0 Å². The number of aliphatic hydroxyl groups excluding tert-OH is 4. The van der Waals surface area contributed by atoms with Crippen molar-refractivity contribution in [1.29, 1.82) is 0 Å². The van der Waals surface area contributed by atoms with Gasteiger partial charge in [0, 0.05) is 44.6 Å². The van der Waals surface area contributed by atoms with Crippen molar-refractivity contribution in [3.8, 4) is 0 Å². The molecule has 0 unspecified atom stereocenters. The zero-order valence-corrected chi connectivity index (χ0v) is 49.2. The Morgan fingerprint density at radius 2 is 0.989 bits per heavy atom. The van der Waals surface area contributed by atoms with Crippen molar-refractivity contribution in [1.82, 2.24) is 59.3 Å². The lowest BCUT2D eigenvalue weighted by molar-refractivity contribution is -0.138. The number of likely N-dealkylation sites (tertiary alicyclic amines) is 1. The summed E-state index contributed by atoms with van der Waals surface area (Å²) in [4.78, 5) is 54.5. The van der Waals surface area contributed by atoms with Gasteiger partial charge in [-0.3, -0.25) is 18.7 Å². The number of carbonyl (C=O) groups is 2. The SMILES string of the molecule is CCNC(=O)[C@H]1O[C@@H](n2cnc3c(NCC(c4ccccc4)c4ccccc4)nc(CN)nc32)[C@H](O)[C@@H]1O.CCNC(=O)[C@H]1O[C@@H](n2cnc3c(NCC(c4ccccc4)c4ccccc4)nc(CNS(=O)(=O)CCN4CCCCC4)nc32)[C@H](O)[C@@H]1O. The number of amides is 2. The van der Waals surface area contributed by atoms with Crippen molar-refractivity contribution in [3.63, 3.8) is 0 Å². The van der Waals surface area contributed by atoms with Crippen LogP contribution in [0.25, 0.3) is 22.3 Å². The number of sulfonamides is 1. The first-order valence-electron chi connectivity index (χ1n) is 29.4. The molecule has 87 heavy (non-hydrogen) atoms. The molecular weight excluding hydrogens is 1130 g/mol. The number of carbonyl (C=O) groups excluding carboxylic acids is 2. The molecule has 11 N–H and O–H groups in total. The van der Waals surface area contributed by atoms with Crippen LogP contribution < -0.4 is 31.7 Å². The molecule has 4 aromatic carbocycles. The first-order chi connectivity index (χ1) is 42.2. The Bertz CT molecular complexity index is 3580. The van der Waals surface area contributed by atoms with E-state index in [9.17, 15) is 38.4 Å². The van der Waals surface area contributed by atoms with Crippen LogP contribution >= 0.6 is 0 Å². The van der Waals surface area contributed by atoms with Crippen molar-refractivity contribution < 1.29 is 47.9 Å². The molecule has 8 aromatic rings. The molecule has 0 radical (unpaired) electrons. The number of hydrogen-bond acceptors (Lipinski definition) is 20. The van der Waals surface area contributed by atoms with Gasteiger partial charge in [-0.15, -0.1) is 0 Å². The molecule has 26 heteroatoms. The highest BCUT2D eigenvalue weighted by Gasteiger charge is 2.49. The van der Waals surface area contributed by atoms with Gasteiger partial charge >= 0.3 is 0 Å². The number of imidazole rings is 2. The highest BCUT2D eigenvalue weighted by molar-refractivity contribution is 7.89. The fourth-order valence-corrected chi connectivity index (χ4v) is 12.1. The molecule has 3 fully saturated rings. The summed E-state index contributed by atoms with van der Waals surface area (Å²) in [5.41, 5.74) is 11.8. The molecule has 8 atom stereocenters. The summed E-state index contributed by atoms with van der Waals surface area (Å²) in [5.74, 6) is 0.265. The molecule has 3 saturated heterocycles. The number of fused-ring (bicyclic) bond motifs is 2. The quantitative estimate of drug-likeness (QED) is 0.0440. The Labute approximate surface area is 503 Å². The molecule has 25 nitrogen and oxygen atoms in total. The smallest absolute Gasteiger partial charge is 0.252 e. The fourth-order valence-electron chi connectivity index (χ4n) is 11.1. The lowest BCUT2D eigenvalue weighted by Gasteiger charge is -2.26. The molecule has 4 aromatic heterocycles. The van der Waals surface area contributed by atoms with Crippen LogP contribution in [-0.2, 0) is 42.2 Å². The number of benzene rings is 4. The van der Waals surface area contributed by atoms with E-state index in [2.05, 4.69) is 104 Å². The van der Waals surface area contributed by atoms with Gasteiger partial charge in [0.15, 0.2) is 58.6 Å². The van der Waals surface area contributed by atoms with Crippen LogP contribution in [-0.4, -0.2) is 173 Å². The zero-order valence-electron chi connectivity index (χ0n) is 48.4. The number of nitrogens with one attached hydrogen (secondary N) is 5. The van der Waals surface area contributed by atoms with Gasteiger partial charge in [-0.1, -0.05) is 128 Å². The number of ether oxygens (including phenoxy) is 2. The lowest BCUT2D eigenvalue weighted by Crippen LogP contribution is -2.42. The summed E-state index contributed by atoms with van der Waals surface area (Å²) in [6.07, 6.45) is -4.35. The second-order valence-electron chi connectivity index (χ2n) is 21.5. The minimum atomic E-state index is -3.65. The Hall–Kier alpha value is -7.89. The number of nitrogens with zero attached hydrogens (tertiary/aromatic N) is 9. The number of aliphatic hydroxyl groups is 4. The summed E-state index contributed by atoms with van der Waals surface area (Å²) >= 11 is 0. The van der Waals surface area contributed by atoms with Gasteiger partial charge in [0.25, 0.3) is 11.8 Å². The van der Waals surface area contributed by atoms with Crippen LogP contribution in [0.4, 0.5) is 11.6 Å². The third-order valence-corrected chi connectivity index (χ3v) is 17.0. The summed E-state index contributed by atoms with van der Waals surface area (Å²) in [5, 5.41) is 54.9. The van der Waals surface area contributed by atoms with Crippen LogP contribution in [0.5, 0.6) is 0 Å². The van der Waals surface area contributed by atoms with Crippen molar-refractivity contribution in [2.24, 2.45) is 5.73 Å². The van der Waals surface area contributed by atoms with Crippen LogP contribution in [0.2, 0.25) is 0 Å². The molecule has 3 aliphatic heterocycles. The van der Waals surface area contributed by atoms with E-state index in [-0.39, 0.29) is 42.1 Å². The number of likely N-dealkylation sites (N-methyl/N-ethyl adjacent to an activating group) is 2. The van der Waals surface area contributed by atoms with Gasteiger partial charge in [0.05, 0.1) is 31.5 Å². The van der Waals surface area contributed by atoms with Crippen LogP contribution in [0.1, 0.15) is 91.3 Å². The van der Waals surface area contributed by atoms with E-state index in [1.165, 1.54) is 28.2 Å². The normalized spacial score (nSPS) is 21.5. The van der Waals surface area contributed by atoms with E-state index in [0.29, 0.717) is 66.9 Å². The number of nitrogens with two attached hydrogens (primary N) is 1. The van der Waals surface area contributed by atoms with Gasteiger partial charge in [-0.25, -0.2) is 43.0 Å². The fraction of sp³-hybridized carbons (Fsp3) is 0.410. The number of piperidine rings is 1. The van der Waals surface area contributed by atoms with Gasteiger partial charge in [0.1, 0.15) is 36.1 Å². The van der Waals surface area contributed by atoms with Crippen LogP contribution in [0, 0.1) is 0 Å². The van der Waals surface area contributed by atoms with E-state index in [4.69, 9.17) is 20.2 Å². The van der Waals surface area contributed by atoms with Crippen molar-refractivity contribution in [3.05, 3.63) is 168 Å². The van der Waals surface area contributed by atoms with Crippen molar-refractivity contribution in [2.45, 2.75) is 107 Å². The third-order valence-electron chi connectivity index (χ3n) is 15.7. The maximum absolute atomic E-state index is 13.0. The number of hydrogen-bond donors (Lipinski definition) is 10. The third kappa shape index (κ3) is 14.6. The predicted molar refractivity (Wildman–Crippen MR) is 325 cm³/mol. The Morgan fingerprint density at radius 3 is 1.39 bits per heavy atom. The average molecular weight is 1210 g/mol. The van der Waals surface area contributed by atoms with Gasteiger partial charge < -0.3 is 61.8 Å². The van der Waals surface area contributed by atoms with Gasteiger partial charge in [-0.05, 0) is 62.0 Å². The maximum atomic E-state index is 13.0. The van der Waals surface area contributed by atoms with Crippen molar-refractivity contribution in [2.75, 3.05) is 62.2 Å². The molecule has 460 valence electrons. The summed E-state index contributed by atoms with van der Waals surface area (Å²) in [6, 6.07) is 40.5. The predicted octanol–water partition coefficient (Wildman–Crippen LogP) is 3.02. The highest BCUT2D eigenvalue weighted by Crippen LogP contribution is 2.36. The molecule has 3 aliphatic rings. The standard InChI is InChI=1S/C34H44N8O6S.C27H31N7O4/c1-2-35-33(45)30-28(43)29(44)34(48-30)42-22-37-27-31(36-20-25(23-12-6-3-7-13-23)24-14-8-4-9-15-24)39-26(40-32(27)42)21-38-49(46,47)19-18-41-16-10-5-11-17-41;1-2-29-26(37)23-21(35)22(36)27(38-23)34-15-31-20-24(32-19(13-28)33-25(20)34)30-14-18(16-9-5-3-6-10-16)17-11-7-4-8-12-17/h3-4,6-9,12-15,22,25,28-30,34,38,43-44H,2,5,10-11,16-21H2,1H3,(H,35,45)(H,36,39,40);3-12,15,18,21-23,27,35-36H,2,13-14,28H2,1H3,(H,29,37)(H,30,32,33)/t28-,29+,30-,34+;21-,22+,23-,27+/m00/s1. The summed E-state index contributed by atoms with van der Waals surface area (Å²) < 4.78 is 43.3. The number of rotatable bonds is 23. The molecule has 0 saturated carbocycles. The highest BCUT2D eigenvalue weighted by atomic mass is 32.2. The summed E-state index contributed by atoms with van der Waals surface area (Å²) in [6.45, 7) is 7.28. The molecule has 2 amide bonds. The first kappa shape index (κ1) is 62.2. The Balaban J connectivity index is 0.000000199. The minimum absolute atomic E-state index is 0.0406. The zero-order chi connectivity index (χ0) is 61.0. The van der Waals surface area contributed by atoms with E-state index in [1.807, 2.05) is 72.8 Å². The monoisotopic (exact) mass is 1210 g/mol. The molecular formula is C61H75N15O10S. The topological polar surface area (TPSA) is 344 Å². The van der Waals surface area contributed by atoms with E-state index >= 15 is 0 Å². The molecule has 7 heterocycles. The van der Waals surface area contributed by atoms with Crippen LogP contribution in [0.3, 0.4) is 0 Å². The maximum Gasteiger partial charge on any atom is 0.252 e. The Morgan fingerprint density at radius 1 is 0.586 bits per heavy atom. The second-order valence-corrected chi connectivity index (χ2v) is 23.5. The van der Waals surface area contributed by atoms with E-state index in [1.54, 1.807) is 13.8 Å². The molecule has 0 spiro atoms. The Kier molecular flexibility index (Phi) is 20.5. The van der Waals surface area contributed by atoms with Gasteiger partial charge in [0.2, 0.25) is 10.0 Å². The number of anilines is 2. The van der Waals surface area contributed by atoms with E-state index in [0.717, 1.165) is 48.2 Å². The molecule has 0 bridgehead atoms.